The summed E-state index contributed by atoms with van der Waals surface area (Å²) in [5.74, 6) is -0.425. The van der Waals surface area contributed by atoms with Crippen molar-refractivity contribution in [3.8, 4) is 5.75 Å². The number of furan rings is 1. The minimum absolute atomic E-state index is 0.00123. The molecule has 0 bridgehead atoms. The highest BCUT2D eigenvalue weighted by Gasteiger charge is 2.38. The summed E-state index contributed by atoms with van der Waals surface area (Å²) in [5, 5.41) is 16.4. The fourth-order valence-electron chi connectivity index (χ4n) is 3.24. The second-order valence-electron chi connectivity index (χ2n) is 7.54. The Morgan fingerprint density at radius 2 is 1.78 bits per heavy atom. The van der Waals surface area contributed by atoms with Gasteiger partial charge in [-0.25, -0.2) is 12.7 Å². The molecule has 2 amide bonds. The van der Waals surface area contributed by atoms with Gasteiger partial charge in [-0.1, -0.05) is 13.0 Å². The number of aromatic hydroxyl groups is 1. The normalized spacial score (nSPS) is 15.6. The summed E-state index contributed by atoms with van der Waals surface area (Å²) in [5.41, 5.74) is -0.131. The van der Waals surface area contributed by atoms with Gasteiger partial charge in [0.2, 0.25) is 10.0 Å². The largest absolute Gasteiger partial charge is 0.504 e. The van der Waals surface area contributed by atoms with Crippen LogP contribution in [-0.4, -0.2) is 55.7 Å². The average Bonchev–Trinajstić information content (AvgIpc) is 3.25. The highest BCUT2D eigenvalue weighted by atomic mass is 32.2. The number of anilines is 1. The van der Waals surface area contributed by atoms with Crippen LogP contribution in [0.4, 0.5) is 5.69 Å². The van der Waals surface area contributed by atoms with Crippen molar-refractivity contribution in [2.75, 3.05) is 26.5 Å². The molecule has 3 N–H and O–H groups in total. The molecule has 2 aromatic rings. The Morgan fingerprint density at radius 1 is 1.12 bits per heavy atom. The van der Waals surface area contributed by atoms with E-state index in [0.29, 0.717) is 17.9 Å². The van der Waals surface area contributed by atoms with Gasteiger partial charge < -0.3 is 20.2 Å². The summed E-state index contributed by atoms with van der Waals surface area (Å²) in [6.45, 7) is 3.70. The standard InChI is InChI=1S/C21H26N4O6S/c1-6-13(15-11-10-12(2)31-15)22-17-18(21(28)25(5)20(17)27)23-14-8-7-9-16(19(14)26)32(29,30)24(3)4/h7-11,13,22-23,26H,6H2,1-5H3/t13-/m1/s1. The van der Waals surface area contributed by atoms with E-state index < -0.39 is 27.6 Å². The van der Waals surface area contributed by atoms with E-state index in [1.807, 2.05) is 6.92 Å². The Kier molecular flexibility index (Phi) is 6.33. The highest BCUT2D eigenvalue weighted by molar-refractivity contribution is 7.89. The van der Waals surface area contributed by atoms with Gasteiger partial charge in [0.05, 0.1) is 11.7 Å². The molecule has 1 aromatic carbocycles. The maximum atomic E-state index is 12.8. The third-order valence-corrected chi connectivity index (χ3v) is 6.98. The second-order valence-corrected chi connectivity index (χ2v) is 9.66. The number of sulfonamides is 1. The SMILES string of the molecule is CC[C@@H](NC1=C(Nc2cccc(S(=O)(=O)N(C)C)c2O)C(=O)N(C)C1=O)c1ccc(C)o1. The Labute approximate surface area is 186 Å². The number of carbonyl (C=O) groups excluding carboxylic acids is 2. The lowest BCUT2D eigenvalue weighted by Gasteiger charge is -2.18. The van der Waals surface area contributed by atoms with E-state index in [1.54, 1.807) is 19.1 Å². The van der Waals surface area contributed by atoms with Crippen molar-refractivity contribution >= 4 is 27.5 Å². The highest BCUT2D eigenvalue weighted by Crippen LogP contribution is 2.34. The molecule has 0 saturated heterocycles. The van der Waals surface area contributed by atoms with E-state index in [0.717, 1.165) is 9.21 Å². The van der Waals surface area contributed by atoms with Crippen LogP contribution in [0.25, 0.3) is 0 Å². The van der Waals surface area contributed by atoms with Crippen molar-refractivity contribution < 1.29 is 27.5 Å². The lowest BCUT2D eigenvalue weighted by atomic mass is 10.1. The van der Waals surface area contributed by atoms with Gasteiger partial charge in [-0.05, 0) is 37.6 Å². The Balaban J connectivity index is 2.03. The molecule has 172 valence electrons. The van der Waals surface area contributed by atoms with E-state index >= 15 is 0 Å². The van der Waals surface area contributed by atoms with Crippen LogP contribution in [0.15, 0.2) is 51.0 Å². The molecule has 1 aliphatic heterocycles. The Bertz CT molecular complexity index is 1200. The van der Waals surface area contributed by atoms with Crippen molar-refractivity contribution in [2.45, 2.75) is 31.2 Å². The number of rotatable bonds is 8. The molecule has 0 aliphatic carbocycles. The molecule has 1 atom stereocenters. The zero-order valence-electron chi connectivity index (χ0n) is 18.5. The summed E-state index contributed by atoms with van der Waals surface area (Å²) in [6, 6.07) is 7.30. The minimum Gasteiger partial charge on any atom is -0.504 e. The number of benzene rings is 1. The zero-order chi connectivity index (χ0) is 23.8. The van der Waals surface area contributed by atoms with Crippen molar-refractivity contribution in [2.24, 2.45) is 0 Å². The second kappa shape index (κ2) is 8.67. The average molecular weight is 463 g/mol. The molecular weight excluding hydrogens is 436 g/mol. The summed E-state index contributed by atoms with van der Waals surface area (Å²) in [6.07, 6.45) is 0.566. The number of carbonyl (C=O) groups is 2. The fourth-order valence-corrected chi connectivity index (χ4v) is 4.24. The van der Waals surface area contributed by atoms with Gasteiger partial charge in [0, 0.05) is 21.1 Å². The first-order chi connectivity index (χ1) is 15.0. The monoisotopic (exact) mass is 462 g/mol. The lowest BCUT2D eigenvalue weighted by molar-refractivity contribution is -0.136. The van der Waals surface area contributed by atoms with Crippen LogP contribution >= 0.6 is 0 Å². The maximum Gasteiger partial charge on any atom is 0.279 e. The maximum absolute atomic E-state index is 12.8. The number of hydrogen-bond acceptors (Lipinski definition) is 8. The summed E-state index contributed by atoms with van der Waals surface area (Å²) in [7, 11) is 0.0912. The van der Waals surface area contributed by atoms with Crippen molar-refractivity contribution in [1.29, 1.82) is 0 Å². The predicted molar refractivity (Wildman–Crippen MR) is 117 cm³/mol. The Hall–Kier alpha value is -3.31. The number of nitrogens with zero attached hydrogens (tertiary/aromatic N) is 2. The van der Waals surface area contributed by atoms with Crippen molar-refractivity contribution in [3.05, 3.63) is 53.2 Å². The summed E-state index contributed by atoms with van der Waals surface area (Å²) >= 11 is 0. The molecule has 1 aliphatic rings. The van der Waals surface area contributed by atoms with E-state index in [1.165, 1.54) is 39.3 Å². The molecule has 2 heterocycles. The van der Waals surface area contributed by atoms with Crippen LogP contribution < -0.4 is 10.6 Å². The first kappa shape index (κ1) is 23.4. The van der Waals surface area contributed by atoms with Gasteiger partial charge in [-0.3, -0.25) is 14.5 Å². The molecular formula is C21H26N4O6S. The predicted octanol–water partition coefficient (Wildman–Crippen LogP) is 1.91. The van der Waals surface area contributed by atoms with Crippen LogP contribution in [0, 0.1) is 6.92 Å². The molecule has 0 spiro atoms. The number of imide groups is 1. The summed E-state index contributed by atoms with van der Waals surface area (Å²) in [4.78, 5) is 26.1. The first-order valence-corrected chi connectivity index (χ1v) is 11.3. The van der Waals surface area contributed by atoms with Crippen LogP contribution in [0.2, 0.25) is 0 Å². The van der Waals surface area contributed by atoms with E-state index in [9.17, 15) is 23.1 Å². The fraction of sp³-hybridized carbons (Fsp3) is 0.333. The van der Waals surface area contributed by atoms with Crippen LogP contribution in [-0.2, 0) is 19.6 Å². The van der Waals surface area contributed by atoms with Crippen molar-refractivity contribution in [3.63, 3.8) is 0 Å². The van der Waals surface area contributed by atoms with Gasteiger partial charge in [0.15, 0.2) is 5.75 Å². The zero-order valence-corrected chi connectivity index (χ0v) is 19.3. The van der Waals surface area contributed by atoms with E-state index in [2.05, 4.69) is 10.6 Å². The van der Waals surface area contributed by atoms with Crippen LogP contribution in [0.5, 0.6) is 5.75 Å². The number of likely N-dealkylation sites (N-methyl/N-ethyl adjacent to an activating group) is 1. The molecule has 0 saturated carbocycles. The quantitative estimate of drug-likeness (QED) is 0.400. The minimum atomic E-state index is -3.93. The van der Waals surface area contributed by atoms with Gasteiger partial charge in [-0.2, -0.15) is 0 Å². The van der Waals surface area contributed by atoms with Gasteiger partial charge in [0.1, 0.15) is 27.8 Å². The Morgan fingerprint density at radius 3 is 2.34 bits per heavy atom. The molecule has 0 unspecified atom stereocenters. The number of amides is 2. The number of nitrogens with one attached hydrogen (secondary N) is 2. The number of phenolic OH excluding ortho intramolecular Hbond substituents is 1. The van der Waals surface area contributed by atoms with Crippen LogP contribution in [0.3, 0.4) is 0 Å². The van der Waals surface area contributed by atoms with Crippen LogP contribution in [0.1, 0.15) is 30.9 Å². The van der Waals surface area contributed by atoms with Gasteiger partial charge in [0.25, 0.3) is 11.8 Å². The van der Waals surface area contributed by atoms with Gasteiger partial charge in [-0.15, -0.1) is 0 Å². The molecule has 3 rings (SSSR count). The molecule has 1 aromatic heterocycles. The number of aryl methyl sites for hydroxylation is 1. The van der Waals surface area contributed by atoms with Crippen molar-refractivity contribution in [1.82, 2.24) is 14.5 Å². The smallest absolute Gasteiger partial charge is 0.279 e. The topological polar surface area (TPSA) is 132 Å². The number of phenols is 1. The lowest BCUT2D eigenvalue weighted by Crippen LogP contribution is -2.31. The van der Waals surface area contributed by atoms with Gasteiger partial charge >= 0.3 is 0 Å². The molecule has 0 fully saturated rings. The van der Waals surface area contributed by atoms with E-state index in [4.69, 9.17) is 4.42 Å². The first-order valence-electron chi connectivity index (χ1n) is 9.90. The molecule has 11 heteroatoms. The molecule has 0 radical (unpaired) electrons. The molecule has 32 heavy (non-hydrogen) atoms. The third kappa shape index (κ3) is 4.08. The number of hydrogen-bond donors (Lipinski definition) is 3. The summed E-state index contributed by atoms with van der Waals surface area (Å²) < 4.78 is 31.6. The van der Waals surface area contributed by atoms with E-state index in [-0.39, 0.29) is 28.0 Å². The third-order valence-electron chi connectivity index (χ3n) is 5.14. The number of para-hydroxylation sites is 1. The molecule has 10 nitrogen and oxygen atoms in total.